The Morgan fingerprint density at radius 1 is 1.38 bits per heavy atom. The first-order valence-electron chi connectivity index (χ1n) is 5.01. The molecule has 2 aromatic heterocycles. The summed E-state index contributed by atoms with van der Waals surface area (Å²) >= 11 is 3.51. The summed E-state index contributed by atoms with van der Waals surface area (Å²) in [6.45, 7) is 4.35. The molecule has 0 amide bonds. The normalized spacial score (nSPS) is 11.7. The largest absolute Gasteiger partial charge is 0.237 e. The molecule has 0 fully saturated rings. The Morgan fingerprint density at radius 2 is 2.19 bits per heavy atom. The number of alkyl halides is 1. The first-order chi connectivity index (χ1) is 7.63. The predicted octanol–water partition coefficient (Wildman–Crippen LogP) is 2.33. The first kappa shape index (κ1) is 11.3. The minimum atomic E-state index is 0.0912. The molecule has 84 valence electrons. The summed E-state index contributed by atoms with van der Waals surface area (Å²) in [5.41, 5.74) is 1.29. The third-order valence-corrected chi connectivity index (χ3v) is 3.92. The van der Waals surface area contributed by atoms with Crippen molar-refractivity contribution in [3.63, 3.8) is 0 Å². The van der Waals surface area contributed by atoms with Gasteiger partial charge in [-0.3, -0.25) is 0 Å². The summed E-state index contributed by atoms with van der Waals surface area (Å²) in [6.07, 6.45) is 5.02. The molecule has 0 saturated heterocycles. The maximum atomic E-state index is 4.38. The highest BCUT2D eigenvalue weighted by atomic mass is 79.9. The second-order valence-corrected chi connectivity index (χ2v) is 4.82. The number of hydrogen-bond donors (Lipinski definition) is 0. The van der Waals surface area contributed by atoms with E-state index in [1.54, 1.807) is 11.0 Å². The van der Waals surface area contributed by atoms with Crippen LogP contribution in [0.25, 0.3) is 5.82 Å². The monoisotopic (exact) mass is 280 g/mol. The molecule has 0 saturated carbocycles. The molecule has 0 aliphatic rings. The van der Waals surface area contributed by atoms with E-state index in [1.807, 2.05) is 12.3 Å². The van der Waals surface area contributed by atoms with E-state index in [0.29, 0.717) is 0 Å². The Bertz CT molecular complexity index is 447. The summed E-state index contributed by atoms with van der Waals surface area (Å²) in [4.78, 5) is 8.27. The van der Waals surface area contributed by atoms with Crippen LogP contribution in [0.4, 0.5) is 0 Å². The first-order valence-corrected chi connectivity index (χ1v) is 6.13. The van der Waals surface area contributed by atoms with Gasteiger partial charge in [0, 0.05) is 16.9 Å². The van der Waals surface area contributed by atoms with Crippen molar-refractivity contribution in [3.05, 3.63) is 36.5 Å². The molecule has 0 aromatic carbocycles. The number of hydrogen-bond acceptors (Lipinski definition) is 3. The fourth-order valence-corrected chi connectivity index (χ4v) is 1.65. The smallest absolute Gasteiger partial charge is 0.155 e. The van der Waals surface area contributed by atoms with E-state index in [0.717, 1.165) is 11.1 Å². The third kappa shape index (κ3) is 2.14. The zero-order valence-corrected chi connectivity index (χ0v) is 10.8. The van der Waals surface area contributed by atoms with Gasteiger partial charge in [-0.25, -0.2) is 14.6 Å². The van der Waals surface area contributed by atoms with Crippen LogP contribution in [0, 0.1) is 0 Å². The van der Waals surface area contributed by atoms with E-state index in [2.05, 4.69) is 50.9 Å². The van der Waals surface area contributed by atoms with Gasteiger partial charge in [0.25, 0.3) is 0 Å². The van der Waals surface area contributed by atoms with Crippen molar-refractivity contribution in [1.82, 2.24) is 19.7 Å². The topological polar surface area (TPSA) is 43.6 Å². The lowest BCUT2D eigenvalue weighted by Crippen LogP contribution is -2.19. The van der Waals surface area contributed by atoms with Gasteiger partial charge in [0.1, 0.15) is 12.7 Å². The quantitative estimate of drug-likeness (QED) is 0.811. The number of halogens is 1. The molecule has 4 nitrogen and oxygen atoms in total. The van der Waals surface area contributed by atoms with Gasteiger partial charge in [0.2, 0.25) is 0 Å². The second-order valence-electron chi connectivity index (χ2n) is 4.26. The van der Waals surface area contributed by atoms with Crippen LogP contribution in [0.1, 0.15) is 19.4 Å². The van der Waals surface area contributed by atoms with E-state index >= 15 is 0 Å². The van der Waals surface area contributed by atoms with Crippen LogP contribution in [0.5, 0.6) is 0 Å². The highest BCUT2D eigenvalue weighted by molar-refractivity contribution is 9.09. The summed E-state index contributed by atoms with van der Waals surface area (Å²) in [5, 5.41) is 4.94. The Morgan fingerprint density at radius 3 is 2.69 bits per heavy atom. The molecule has 2 aromatic rings. The molecule has 5 heteroatoms. The van der Waals surface area contributed by atoms with E-state index in [4.69, 9.17) is 0 Å². The summed E-state index contributed by atoms with van der Waals surface area (Å²) in [6, 6.07) is 4.03. The molecule has 0 aliphatic heterocycles. The van der Waals surface area contributed by atoms with Crippen LogP contribution in [-0.4, -0.2) is 25.1 Å². The lowest BCUT2D eigenvalue weighted by Gasteiger charge is -2.21. The maximum absolute atomic E-state index is 4.38. The highest BCUT2D eigenvalue weighted by Gasteiger charge is 2.19. The van der Waals surface area contributed by atoms with Gasteiger partial charge < -0.3 is 0 Å². The van der Waals surface area contributed by atoms with Crippen molar-refractivity contribution in [2.45, 2.75) is 19.3 Å². The molecular formula is C11H13BrN4. The van der Waals surface area contributed by atoms with E-state index in [-0.39, 0.29) is 5.41 Å². The van der Waals surface area contributed by atoms with Crippen LogP contribution in [-0.2, 0) is 5.41 Å². The number of aromatic nitrogens is 4. The van der Waals surface area contributed by atoms with Gasteiger partial charge in [-0.1, -0.05) is 35.8 Å². The number of pyridine rings is 1. The molecule has 0 spiro atoms. The summed E-state index contributed by atoms with van der Waals surface area (Å²) in [5.74, 6) is 0.784. The number of nitrogens with zero attached hydrogens (tertiary/aromatic N) is 4. The molecule has 0 N–H and O–H groups in total. The lowest BCUT2D eigenvalue weighted by atomic mass is 9.88. The Balaban J connectivity index is 2.30. The third-order valence-electron chi connectivity index (χ3n) is 2.52. The number of rotatable bonds is 3. The van der Waals surface area contributed by atoms with Crippen LogP contribution < -0.4 is 0 Å². The van der Waals surface area contributed by atoms with E-state index in [1.165, 1.54) is 11.9 Å². The van der Waals surface area contributed by atoms with Crippen LogP contribution in [0.3, 0.4) is 0 Å². The van der Waals surface area contributed by atoms with Gasteiger partial charge in [-0.15, -0.1) is 0 Å². The molecule has 16 heavy (non-hydrogen) atoms. The van der Waals surface area contributed by atoms with Gasteiger partial charge in [0.15, 0.2) is 5.82 Å². The van der Waals surface area contributed by atoms with Crippen molar-refractivity contribution in [2.75, 3.05) is 5.33 Å². The molecule has 2 rings (SSSR count). The molecule has 0 unspecified atom stereocenters. The zero-order valence-electron chi connectivity index (χ0n) is 9.26. The zero-order chi connectivity index (χ0) is 11.6. The van der Waals surface area contributed by atoms with Crippen LogP contribution in [0.2, 0.25) is 0 Å². The standard InChI is InChI=1S/C11H13BrN4/c1-11(2,6-12)9-3-4-10(14-5-9)16-8-13-7-15-16/h3-5,7-8H,6H2,1-2H3. The van der Waals surface area contributed by atoms with Crippen molar-refractivity contribution in [2.24, 2.45) is 0 Å². The van der Waals surface area contributed by atoms with Gasteiger partial charge in [0.05, 0.1) is 0 Å². The second kappa shape index (κ2) is 4.33. The fraction of sp³-hybridized carbons (Fsp3) is 0.364. The average molecular weight is 281 g/mol. The lowest BCUT2D eigenvalue weighted by molar-refractivity contribution is 0.603. The van der Waals surface area contributed by atoms with Gasteiger partial charge in [-0.2, -0.15) is 5.10 Å². The minimum Gasteiger partial charge on any atom is -0.237 e. The maximum Gasteiger partial charge on any atom is 0.155 e. The Kier molecular flexibility index (Phi) is 3.05. The SMILES string of the molecule is CC(C)(CBr)c1ccc(-n2cncn2)nc1. The van der Waals surface area contributed by atoms with Crippen molar-refractivity contribution in [1.29, 1.82) is 0 Å². The van der Waals surface area contributed by atoms with Crippen molar-refractivity contribution < 1.29 is 0 Å². The Labute approximate surface area is 103 Å². The van der Waals surface area contributed by atoms with Crippen molar-refractivity contribution >= 4 is 15.9 Å². The average Bonchev–Trinajstić information content (AvgIpc) is 2.83. The van der Waals surface area contributed by atoms with E-state index < -0.39 is 0 Å². The summed E-state index contributed by atoms with van der Waals surface area (Å²) in [7, 11) is 0. The summed E-state index contributed by atoms with van der Waals surface area (Å²) < 4.78 is 1.64. The van der Waals surface area contributed by atoms with Gasteiger partial charge >= 0.3 is 0 Å². The molecule has 0 atom stereocenters. The molecule has 0 radical (unpaired) electrons. The fourth-order valence-electron chi connectivity index (χ4n) is 1.33. The van der Waals surface area contributed by atoms with Crippen LogP contribution in [0.15, 0.2) is 31.0 Å². The van der Waals surface area contributed by atoms with Crippen molar-refractivity contribution in [3.8, 4) is 5.82 Å². The van der Waals surface area contributed by atoms with Crippen LogP contribution >= 0.6 is 15.9 Å². The Hall–Kier alpha value is -1.23. The van der Waals surface area contributed by atoms with Gasteiger partial charge in [-0.05, 0) is 11.6 Å². The molecule has 2 heterocycles. The highest BCUT2D eigenvalue weighted by Crippen LogP contribution is 2.24. The molecule has 0 aliphatic carbocycles. The predicted molar refractivity (Wildman–Crippen MR) is 66.0 cm³/mol. The minimum absolute atomic E-state index is 0.0912. The molecule has 0 bridgehead atoms. The molecular weight excluding hydrogens is 268 g/mol. The van der Waals surface area contributed by atoms with E-state index in [9.17, 15) is 0 Å².